The maximum Gasteiger partial charge on any atom is 0.220 e. The predicted octanol–water partition coefficient (Wildman–Crippen LogP) is 2.81. The lowest BCUT2D eigenvalue weighted by Gasteiger charge is -2.14. The van der Waals surface area contributed by atoms with Crippen LogP contribution in [0.5, 0.6) is 0 Å². The number of hydrogen-bond acceptors (Lipinski definition) is 5. The number of fused-ring (bicyclic) bond motifs is 1. The largest absolute Gasteiger partial charge is 0.382 e. The molecule has 0 aliphatic heterocycles. The normalized spacial score (nSPS) is 12.5. The number of rotatable bonds is 4. The van der Waals surface area contributed by atoms with Gasteiger partial charge in [0.2, 0.25) is 5.95 Å². The summed E-state index contributed by atoms with van der Waals surface area (Å²) in [5.41, 5.74) is 9.32. The zero-order chi connectivity index (χ0) is 14.8. The van der Waals surface area contributed by atoms with Gasteiger partial charge in [0.15, 0.2) is 0 Å². The van der Waals surface area contributed by atoms with Crippen molar-refractivity contribution in [2.24, 2.45) is 0 Å². The molecule has 1 unspecified atom stereocenters. The van der Waals surface area contributed by atoms with E-state index in [1.54, 1.807) is 12.4 Å². The standard InChI is InChI=1S/C15H18N6/c1-3-9(2)20-12-5-6-17-14-13(12)10(8-19-14)11-4-7-18-15(16)21-11/h4-9H,3H2,1-2H3,(H2,16,18,21)(H2,17,19,20). The summed E-state index contributed by atoms with van der Waals surface area (Å²) in [7, 11) is 0. The van der Waals surface area contributed by atoms with Crippen LogP contribution in [-0.2, 0) is 0 Å². The Balaban J connectivity index is 2.15. The van der Waals surface area contributed by atoms with Gasteiger partial charge in [-0.05, 0) is 25.5 Å². The summed E-state index contributed by atoms with van der Waals surface area (Å²) in [4.78, 5) is 15.8. The van der Waals surface area contributed by atoms with Crippen molar-refractivity contribution in [2.75, 3.05) is 11.1 Å². The van der Waals surface area contributed by atoms with E-state index in [1.165, 1.54) is 0 Å². The minimum atomic E-state index is 0.266. The van der Waals surface area contributed by atoms with E-state index >= 15 is 0 Å². The van der Waals surface area contributed by atoms with Gasteiger partial charge in [-0.25, -0.2) is 15.0 Å². The molecular formula is C15H18N6. The molecule has 0 aliphatic rings. The third-order valence-electron chi connectivity index (χ3n) is 3.54. The molecule has 3 aromatic rings. The number of nitrogens with zero attached hydrogens (tertiary/aromatic N) is 3. The van der Waals surface area contributed by atoms with Gasteiger partial charge in [0.05, 0.1) is 11.1 Å². The van der Waals surface area contributed by atoms with Gasteiger partial charge in [-0.1, -0.05) is 6.92 Å². The van der Waals surface area contributed by atoms with Gasteiger partial charge in [0, 0.05) is 35.9 Å². The van der Waals surface area contributed by atoms with Crippen LogP contribution in [-0.4, -0.2) is 26.0 Å². The number of nitrogens with one attached hydrogen (secondary N) is 2. The molecule has 0 spiro atoms. The molecule has 21 heavy (non-hydrogen) atoms. The third-order valence-corrected chi connectivity index (χ3v) is 3.54. The fourth-order valence-corrected chi connectivity index (χ4v) is 2.27. The molecule has 0 radical (unpaired) electrons. The van der Waals surface area contributed by atoms with Crippen molar-refractivity contribution in [1.29, 1.82) is 0 Å². The van der Waals surface area contributed by atoms with Gasteiger partial charge in [0.1, 0.15) is 5.65 Å². The summed E-state index contributed by atoms with van der Waals surface area (Å²) in [6, 6.07) is 4.21. The first kappa shape index (κ1) is 13.4. The average molecular weight is 282 g/mol. The number of nitrogen functional groups attached to an aromatic ring is 1. The molecular weight excluding hydrogens is 264 g/mol. The highest BCUT2D eigenvalue weighted by atomic mass is 15.0. The Bertz CT molecular complexity index is 764. The van der Waals surface area contributed by atoms with Crippen molar-refractivity contribution < 1.29 is 0 Å². The molecule has 3 rings (SSSR count). The zero-order valence-electron chi connectivity index (χ0n) is 12.1. The molecule has 4 N–H and O–H groups in total. The minimum absolute atomic E-state index is 0.266. The van der Waals surface area contributed by atoms with E-state index in [1.807, 2.05) is 18.3 Å². The van der Waals surface area contributed by atoms with Crippen LogP contribution in [0.3, 0.4) is 0 Å². The van der Waals surface area contributed by atoms with Gasteiger partial charge in [-0.3, -0.25) is 0 Å². The summed E-state index contributed by atoms with van der Waals surface area (Å²) < 4.78 is 0. The monoisotopic (exact) mass is 282 g/mol. The highest BCUT2D eigenvalue weighted by Gasteiger charge is 2.13. The van der Waals surface area contributed by atoms with Crippen LogP contribution < -0.4 is 11.1 Å². The predicted molar refractivity (Wildman–Crippen MR) is 84.9 cm³/mol. The summed E-state index contributed by atoms with van der Waals surface area (Å²) in [5, 5.41) is 4.53. The van der Waals surface area contributed by atoms with Crippen LogP contribution in [0.25, 0.3) is 22.3 Å². The van der Waals surface area contributed by atoms with Crippen molar-refractivity contribution in [3.05, 3.63) is 30.7 Å². The Hall–Kier alpha value is -2.63. The van der Waals surface area contributed by atoms with E-state index in [0.717, 1.165) is 34.4 Å². The van der Waals surface area contributed by atoms with Gasteiger partial charge in [0.25, 0.3) is 0 Å². The van der Waals surface area contributed by atoms with Crippen LogP contribution in [0, 0.1) is 0 Å². The van der Waals surface area contributed by atoms with E-state index in [-0.39, 0.29) is 5.95 Å². The Morgan fingerprint density at radius 2 is 2.10 bits per heavy atom. The van der Waals surface area contributed by atoms with Crippen molar-refractivity contribution in [3.8, 4) is 11.3 Å². The first-order valence-corrected chi connectivity index (χ1v) is 7.00. The summed E-state index contributed by atoms with van der Waals surface area (Å²) in [6.07, 6.45) is 6.40. The minimum Gasteiger partial charge on any atom is -0.382 e. The Morgan fingerprint density at radius 1 is 1.29 bits per heavy atom. The van der Waals surface area contributed by atoms with Crippen LogP contribution in [0.4, 0.5) is 11.6 Å². The van der Waals surface area contributed by atoms with Gasteiger partial charge in [-0.2, -0.15) is 0 Å². The third kappa shape index (κ3) is 2.52. The van der Waals surface area contributed by atoms with Gasteiger partial charge in [-0.15, -0.1) is 0 Å². The number of pyridine rings is 1. The van der Waals surface area contributed by atoms with Crippen molar-refractivity contribution >= 4 is 22.7 Å². The molecule has 1 atom stereocenters. The van der Waals surface area contributed by atoms with Crippen LogP contribution in [0.15, 0.2) is 30.7 Å². The van der Waals surface area contributed by atoms with E-state index in [4.69, 9.17) is 5.73 Å². The number of aromatic nitrogens is 4. The number of nitrogens with two attached hydrogens (primary N) is 1. The zero-order valence-corrected chi connectivity index (χ0v) is 12.1. The molecule has 3 heterocycles. The molecule has 0 saturated heterocycles. The number of H-pyrrole nitrogens is 1. The maximum atomic E-state index is 5.69. The Morgan fingerprint density at radius 3 is 2.86 bits per heavy atom. The van der Waals surface area contributed by atoms with Gasteiger partial charge >= 0.3 is 0 Å². The maximum absolute atomic E-state index is 5.69. The topological polar surface area (TPSA) is 92.5 Å². The lowest BCUT2D eigenvalue weighted by atomic mass is 10.1. The smallest absolute Gasteiger partial charge is 0.220 e. The summed E-state index contributed by atoms with van der Waals surface area (Å²) in [6.45, 7) is 4.31. The molecule has 3 aromatic heterocycles. The van der Waals surface area contributed by atoms with Crippen LogP contribution in [0.1, 0.15) is 20.3 Å². The van der Waals surface area contributed by atoms with E-state index < -0.39 is 0 Å². The molecule has 0 aliphatic carbocycles. The molecule has 6 nitrogen and oxygen atoms in total. The number of anilines is 2. The first-order valence-electron chi connectivity index (χ1n) is 7.00. The fraction of sp³-hybridized carbons (Fsp3) is 0.267. The highest BCUT2D eigenvalue weighted by molar-refractivity contribution is 6.01. The van der Waals surface area contributed by atoms with E-state index in [9.17, 15) is 0 Å². The lowest BCUT2D eigenvalue weighted by Crippen LogP contribution is -2.13. The quantitative estimate of drug-likeness (QED) is 0.684. The van der Waals surface area contributed by atoms with E-state index in [2.05, 4.69) is 39.1 Å². The van der Waals surface area contributed by atoms with Crippen LogP contribution >= 0.6 is 0 Å². The van der Waals surface area contributed by atoms with Gasteiger partial charge < -0.3 is 16.0 Å². The molecule has 108 valence electrons. The summed E-state index contributed by atoms with van der Waals surface area (Å²) in [5.74, 6) is 0.266. The van der Waals surface area contributed by atoms with Crippen molar-refractivity contribution in [1.82, 2.24) is 19.9 Å². The second-order valence-electron chi connectivity index (χ2n) is 5.04. The van der Waals surface area contributed by atoms with Crippen molar-refractivity contribution in [2.45, 2.75) is 26.3 Å². The Labute approximate surface area is 122 Å². The molecule has 0 aromatic carbocycles. The summed E-state index contributed by atoms with van der Waals surface area (Å²) >= 11 is 0. The van der Waals surface area contributed by atoms with Crippen LogP contribution in [0.2, 0.25) is 0 Å². The first-order chi connectivity index (χ1) is 10.2. The molecule has 6 heteroatoms. The number of aromatic amines is 1. The molecule has 0 saturated carbocycles. The molecule has 0 amide bonds. The van der Waals surface area contributed by atoms with Crippen molar-refractivity contribution in [3.63, 3.8) is 0 Å². The van der Waals surface area contributed by atoms with E-state index in [0.29, 0.717) is 6.04 Å². The highest BCUT2D eigenvalue weighted by Crippen LogP contribution is 2.32. The Kier molecular flexibility index (Phi) is 3.43. The molecule has 0 fully saturated rings. The fourth-order valence-electron chi connectivity index (χ4n) is 2.27. The second-order valence-corrected chi connectivity index (χ2v) is 5.04. The number of hydrogen-bond donors (Lipinski definition) is 3. The second kappa shape index (κ2) is 5.40. The lowest BCUT2D eigenvalue weighted by molar-refractivity contribution is 0.765. The molecule has 0 bridgehead atoms. The average Bonchev–Trinajstić information content (AvgIpc) is 2.92. The SMILES string of the molecule is CCC(C)Nc1ccnc2[nH]cc(-c3ccnc(N)n3)c12.